The molecule has 0 saturated heterocycles. The molecule has 0 amide bonds. The SMILES string of the molecule is CCSCCNCCCn1ccnn1. The average molecular weight is 214 g/mol. The summed E-state index contributed by atoms with van der Waals surface area (Å²) >= 11 is 1.97. The number of thioether (sulfide) groups is 1. The molecular weight excluding hydrogens is 196 g/mol. The smallest absolute Gasteiger partial charge is 0.0692 e. The van der Waals surface area contributed by atoms with E-state index in [0.29, 0.717) is 0 Å². The summed E-state index contributed by atoms with van der Waals surface area (Å²) in [4.78, 5) is 0. The lowest BCUT2D eigenvalue weighted by molar-refractivity contribution is 0.536. The van der Waals surface area contributed by atoms with Crippen LogP contribution in [0.1, 0.15) is 13.3 Å². The Balaban J connectivity index is 1.85. The quantitative estimate of drug-likeness (QED) is 0.656. The molecule has 4 nitrogen and oxygen atoms in total. The van der Waals surface area contributed by atoms with Gasteiger partial charge >= 0.3 is 0 Å². The van der Waals surface area contributed by atoms with E-state index in [9.17, 15) is 0 Å². The molecule has 1 heterocycles. The number of hydrogen-bond acceptors (Lipinski definition) is 4. The second kappa shape index (κ2) is 7.82. The third-order valence-corrected chi connectivity index (χ3v) is 2.74. The van der Waals surface area contributed by atoms with Gasteiger partial charge in [-0.2, -0.15) is 11.8 Å². The van der Waals surface area contributed by atoms with Crippen molar-refractivity contribution in [2.45, 2.75) is 19.9 Å². The Kier molecular flexibility index (Phi) is 6.43. The molecular formula is C9H18N4S. The molecule has 14 heavy (non-hydrogen) atoms. The summed E-state index contributed by atoms with van der Waals surface area (Å²) in [7, 11) is 0. The lowest BCUT2D eigenvalue weighted by atomic mass is 10.4. The minimum Gasteiger partial charge on any atom is -0.316 e. The monoisotopic (exact) mass is 214 g/mol. The molecule has 5 heteroatoms. The van der Waals surface area contributed by atoms with E-state index in [1.807, 2.05) is 22.6 Å². The molecule has 1 aromatic heterocycles. The highest BCUT2D eigenvalue weighted by Crippen LogP contribution is 1.95. The Hall–Kier alpha value is -0.550. The minimum atomic E-state index is 0.952. The summed E-state index contributed by atoms with van der Waals surface area (Å²) in [5, 5.41) is 11.0. The van der Waals surface area contributed by atoms with Crippen LogP contribution in [0.3, 0.4) is 0 Å². The second-order valence-corrected chi connectivity index (χ2v) is 4.36. The average Bonchev–Trinajstić information content (AvgIpc) is 2.69. The van der Waals surface area contributed by atoms with Gasteiger partial charge in [-0.1, -0.05) is 12.1 Å². The van der Waals surface area contributed by atoms with Crippen LogP contribution in [-0.2, 0) is 6.54 Å². The maximum atomic E-state index is 3.90. The molecule has 1 N–H and O–H groups in total. The molecule has 0 aliphatic carbocycles. The number of rotatable bonds is 8. The zero-order chi connectivity index (χ0) is 10.1. The molecule has 0 aliphatic rings. The van der Waals surface area contributed by atoms with Crippen molar-refractivity contribution < 1.29 is 0 Å². The van der Waals surface area contributed by atoms with Crippen molar-refractivity contribution in [1.82, 2.24) is 20.3 Å². The molecule has 0 aliphatic heterocycles. The van der Waals surface area contributed by atoms with Gasteiger partial charge in [-0.15, -0.1) is 5.10 Å². The van der Waals surface area contributed by atoms with Crippen LogP contribution in [0.5, 0.6) is 0 Å². The van der Waals surface area contributed by atoms with Crippen LogP contribution in [0.15, 0.2) is 12.4 Å². The van der Waals surface area contributed by atoms with Gasteiger partial charge in [0.1, 0.15) is 0 Å². The molecule has 0 unspecified atom stereocenters. The van der Waals surface area contributed by atoms with Gasteiger partial charge in [-0.3, -0.25) is 4.68 Å². The van der Waals surface area contributed by atoms with E-state index in [0.717, 1.165) is 26.1 Å². The maximum absolute atomic E-state index is 3.90. The van der Waals surface area contributed by atoms with E-state index in [2.05, 4.69) is 22.6 Å². The van der Waals surface area contributed by atoms with Gasteiger partial charge in [0, 0.05) is 25.0 Å². The zero-order valence-corrected chi connectivity index (χ0v) is 9.46. The number of aryl methyl sites for hydroxylation is 1. The molecule has 0 saturated carbocycles. The fraction of sp³-hybridized carbons (Fsp3) is 0.778. The van der Waals surface area contributed by atoms with E-state index in [1.165, 1.54) is 11.5 Å². The van der Waals surface area contributed by atoms with Crippen molar-refractivity contribution in [3.8, 4) is 0 Å². The molecule has 1 aromatic rings. The van der Waals surface area contributed by atoms with Gasteiger partial charge in [-0.25, -0.2) is 0 Å². The van der Waals surface area contributed by atoms with Crippen LogP contribution >= 0.6 is 11.8 Å². The highest BCUT2D eigenvalue weighted by atomic mass is 32.2. The summed E-state index contributed by atoms with van der Waals surface area (Å²) < 4.78 is 1.86. The van der Waals surface area contributed by atoms with Crippen LogP contribution in [0.2, 0.25) is 0 Å². The largest absolute Gasteiger partial charge is 0.316 e. The predicted octanol–water partition coefficient (Wildman–Crippen LogP) is 1.01. The van der Waals surface area contributed by atoms with Crippen molar-refractivity contribution in [3.05, 3.63) is 12.4 Å². The van der Waals surface area contributed by atoms with E-state index in [1.54, 1.807) is 6.20 Å². The molecule has 0 fully saturated rings. The first kappa shape index (κ1) is 11.5. The van der Waals surface area contributed by atoms with Gasteiger partial charge in [0.25, 0.3) is 0 Å². The Morgan fingerprint density at radius 1 is 1.43 bits per heavy atom. The Morgan fingerprint density at radius 2 is 2.36 bits per heavy atom. The molecule has 0 aromatic carbocycles. The lowest BCUT2D eigenvalue weighted by Gasteiger charge is -2.03. The third-order valence-electron chi connectivity index (χ3n) is 1.84. The summed E-state index contributed by atoms with van der Waals surface area (Å²) in [5.41, 5.74) is 0. The van der Waals surface area contributed by atoms with Gasteiger partial charge in [-0.05, 0) is 18.7 Å². The highest BCUT2D eigenvalue weighted by Gasteiger charge is 1.91. The van der Waals surface area contributed by atoms with Crippen LogP contribution < -0.4 is 5.32 Å². The van der Waals surface area contributed by atoms with Crippen molar-refractivity contribution in [2.24, 2.45) is 0 Å². The second-order valence-electron chi connectivity index (χ2n) is 2.97. The van der Waals surface area contributed by atoms with Crippen molar-refractivity contribution in [2.75, 3.05) is 24.6 Å². The van der Waals surface area contributed by atoms with E-state index in [-0.39, 0.29) is 0 Å². The number of nitrogens with one attached hydrogen (secondary N) is 1. The van der Waals surface area contributed by atoms with Gasteiger partial charge < -0.3 is 5.32 Å². The van der Waals surface area contributed by atoms with Crippen LogP contribution in [0, 0.1) is 0 Å². The molecule has 80 valence electrons. The third kappa shape index (κ3) is 5.24. The minimum absolute atomic E-state index is 0.952. The standard InChI is InChI=1S/C9H18N4S/c1-2-14-9-6-10-4-3-7-13-8-5-11-12-13/h5,8,10H,2-4,6-7,9H2,1H3. The fourth-order valence-electron chi connectivity index (χ4n) is 1.13. The first-order chi connectivity index (χ1) is 6.93. The summed E-state index contributed by atoms with van der Waals surface area (Å²) in [5.74, 6) is 2.42. The zero-order valence-electron chi connectivity index (χ0n) is 8.65. The molecule has 0 atom stereocenters. The van der Waals surface area contributed by atoms with Crippen LogP contribution in [0.25, 0.3) is 0 Å². The first-order valence-corrected chi connectivity index (χ1v) is 6.21. The summed E-state index contributed by atoms with van der Waals surface area (Å²) in [6.07, 6.45) is 4.72. The predicted molar refractivity (Wildman–Crippen MR) is 60.5 cm³/mol. The molecule has 0 bridgehead atoms. The summed E-state index contributed by atoms with van der Waals surface area (Å²) in [6.45, 7) is 5.31. The highest BCUT2D eigenvalue weighted by molar-refractivity contribution is 7.99. The topological polar surface area (TPSA) is 42.7 Å². The van der Waals surface area contributed by atoms with Gasteiger partial charge in [0.2, 0.25) is 0 Å². The first-order valence-electron chi connectivity index (χ1n) is 5.06. The number of nitrogens with zero attached hydrogens (tertiary/aromatic N) is 3. The molecule has 0 spiro atoms. The normalized spacial score (nSPS) is 10.6. The van der Waals surface area contributed by atoms with E-state index < -0.39 is 0 Å². The van der Waals surface area contributed by atoms with Crippen molar-refractivity contribution >= 4 is 11.8 Å². The van der Waals surface area contributed by atoms with Crippen LogP contribution in [0.4, 0.5) is 0 Å². The Bertz CT molecular complexity index is 213. The Labute approximate surface area is 89.5 Å². The van der Waals surface area contributed by atoms with E-state index in [4.69, 9.17) is 0 Å². The lowest BCUT2D eigenvalue weighted by Crippen LogP contribution is -2.20. The Morgan fingerprint density at radius 3 is 3.07 bits per heavy atom. The molecule has 0 radical (unpaired) electrons. The maximum Gasteiger partial charge on any atom is 0.0692 e. The van der Waals surface area contributed by atoms with E-state index >= 15 is 0 Å². The van der Waals surface area contributed by atoms with Gasteiger partial charge in [0.15, 0.2) is 0 Å². The fourth-order valence-corrected chi connectivity index (χ4v) is 1.71. The molecule has 1 rings (SSSR count). The number of aromatic nitrogens is 3. The van der Waals surface area contributed by atoms with Crippen molar-refractivity contribution in [3.63, 3.8) is 0 Å². The van der Waals surface area contributed by atoms with Gasteiger partial charge in [0.05, 0.1) is 6.20 Å². The number of hydrogen-bond donors (Lipinski definition) is 1. The van der Waals surface area contributed by atoms with Crippen molar-refractivity contribution in [1.29, 1.82) is 0 Å². The summed E-state index contributed by atoms with van der Waals surface area (Å²) in [6, 6.07) is 0. The van der Waals surface area contributed by atoms with Crippen LogP contribution in [-0.4, -0.2) is 39.6 Å².